The van der Waals surface area contributed by atoms with Gasteiger partial charge in [0.2, 0.25) is 0 Å². The van der Waals surface area contributed by atoms with Gasteiger partial charge < -0.3 is 20.1 Å². The number of aliphatic hydroxyl groups is 3. The van der Waals surface area contributed by atoms with Crippen LogP contribution in [0.5, 0.6) is 0 Å². The van der Waals surface area contributed by atoms with Crippen molar-refractivity contribution in [2.75, 3.05) is 6.61 Å². The fraction of sp³-hybridized carbons (Fsp3) is 0.710. The van der Waals surface area contributed by atoms with Gasteiger partial charge in [-0.25, -0.2) is 0 Å². The Morgan fingerprint density at radius 3 is 2.58 bits per heavy atom. The zero-order valence-corrected chi connectivity index (χ0v) is 23.2. The van der Waals surface area contributed by atoms with Gasteiger partial charge in [0.05, 0.1) is 30.3 Å². The first-order chi connectivity index (χ1) is 16.7. The Balaban J connectivity index is 1.79. The van der Waals surface area contributed by atoms with Crippen molar-refractivity contribution in [3.8, 4) is 0 Å². The van der Waals surface area contributed by atoms with E-state index in [-0.39, 0.29) is 16.8 Å². The van der Waals surface area contributed by atoms with E-state index in [4.69, 9.17) is 4.74 Å². The van der Waals surface area contributed by atoms with Crippen molar-refractivity contribution in [1.29, 1.82) is 0 Å². The molecule has 0 unspecified atom stereocenters. The molecule has 0 aromatic carbocycles. The van der Waals surface area contributed by atoms with Crippen LogP contribution >= 0.6 is 0 Å². The van der Waals surface area contributed by atoms with E-state index in [2.05, 4.69) is 45.6 Å². The molecule has 36 heavy (non-hydrogen) atoms. The molecule has 5 nitrogen and oxygen atoms in total. The highest BCUT2D eigenvalue weighted by atomic mass is 16.5. The molecule has 3 saturated carbocycles. The van der Waals surface area contributed by atoms with E-state index in [0.29, 0.717) is 31.3 Å². The molecule has 0 saturated heterocycles. The van der Waals surface area contributed by atoms with Crippen LogP contribution in [0.3, 0.4) is 0 Å². The predicted molar refractivity (Wildman–Crippen MR) is 144 cm³/mol. The first-order valence-electron chi connectivity index (χ1n) is 13.7. The molecule has 0 radical (unpaired) electrons. The summed E-state index contributed by atoms with van der Waals surface area (Å²) < 4.78 is 5.17. The molecule has 0 aromatic heterocycles. The molecule has 6 atom stereocenters. The fourth-order valence-corrected chi connectivity index (χ4v) is 7.06. The van der Waals surface area contributed by atoms with Gasteiger partial charge in [-0.1, -0.05) is 57.2 Å². The van der Waals surface area contributed by atoms with Crippen molar-refractivity contribution in [2.24, 2.45) is 28.1 Å². The van der Waals surface area contributed by atoms with Crippen LogP contribution in [0.1, 0.15) is 86.5 Å². The lowest BCUT2D eigenvalue weighted by Gasteiger charge is -2.47. The Morgan fingerprint density at radius 1 is 1.22 bits per heavy atom. The van der Waals surface area contributed by atoms with Crippen LogP contribution < -0.4 is 0 Å². The number of fused-ring (bicyclic) bond motifs is 1. The molecular formula is C31H48O5. The molecule has 202 valence electrons. The minimum Gasteiger partial charge on any atom is -0.465 e. The van der Waals surface area contributed by atoms with Crippen molar-refractivity contribution < 1.29 is 24.9 Å². The zero-order chi connectivity index (χ0) is 26.9. The highest BCUT2D eigenvalue weighted by Gasteiger charge is 2.53. The van der Waals surface area contributed by atoms with Crippen molar-refractivity contribution in [1.82, 2.24) is 0 Å². The van der Waals surface area contributed by atoms with Crippen molar-refractivity contribution in [3.63, 3.8) is 0 Å². The Hall–Kier alpha value is -1.69. The Labute approximate surface area is 218 Å². The maximum atomic E-state index is 12.3. The summed E-state index contributed by atoms with van der Waals surface area (Å²) in [5, 5.41) is 31.1. The number of hydrogen-bond donors (Lipinski definition) is 3. The van der Waals surface area contributed by atoms with E-state index in [1.54, 1.807) is 26.8 Å². The van der Waals surface area contributed by atoms with Gasteiger partial charge in [-0.05, 0) is 93.1 Å². The van der Waals surface area contributed by atoms with E-state index in [0.717, 1.165) is 36.8 Å². The number of carbonyl (C=O) groups is 1. The topological polar surface area (TPSA) is 87.0 Å². The molecule has 3 fully saturated rings. The second-order valence-electron chi connectivity index (χ2n) is 12.7. The SMILES string of the molecule is C=C1C(=CC=C2CCC[C@]3(C)[C@@H](C(C)(C)C=C[C@H](O)C(C)(C)C(=O)OCC)CC[C@@H]23)C[C@@H](O)C[C@@H]1O. The monoisotopic (exact) mass is 500 g/mol. The number of carbonyl (C=O) groups excluding carboxylic acids is 1. The number of aliphatic hydroxyl groups excluding tert-OH is 3. The second-order valence-corrected chi connectivity index (χ2v) is 12.7. The molecule has 3 N–H and O–H groups in total. The maximum Gasteiger partial charge on any atom is 0.314 e. The normalized spacial score (nSPS) is 34.9. The molecule has 0 amide bonds. The Kier molecular flexibility index (Phi) is 8.80. The molecule has 0 heterocycles. The third-order valence-corrected chi connectivity index (χ3v) is 9.38. The molecule has 0 aliphatic heterocycles. The molecule has 3 aliphatic carbocycles. The van der Waals surface area contributed by atoms with Crippen LogP contribution in [0.4, 0.5) is 0 Å². The summed E-state index contributed by atoms with van der Waals surface area (Å²) in [7, 11) is 0. The summed E-state index contributed by atoms with van der Waals surface area (Å²) in [5.74, 6) is 0.562. The molecular weight excluding hydrogens is 452 g/mol. The van der Waals surface area contributed by atoms with Crippen LogP contribution in [0.15, 0.2) is 47.6 Å². The van der Waals surface area contributed by atoms with Gasteiger partial charge in [0.1, 0.15) is 0 Å². The first-order valence-corrected chi connectivity index (χ1v) is 13.7. The van der Waals surface area contributed by atoms with Gasteiger partial charge >= 0.3 is 5.97 Å². The molecule has 5 heteroatoms. The summed E-state index contributed by atoms with van der Waals surface area (Å²) in [4.78, 5) is 12.3. The van der Waals surface area contributed by atoms with Gasteiger partial charge in [0.15, 0.2) is 0 Å². The minimum absolute atomic E-state index is 0.137. The Morgan fingerprint density at radius 2 is 1.92 bits per heavy atom. The third-order valence-electron chi connectivity index (χ3n) is 9.38. The van der Waals surface area contributed by atoms with Gasteiger partial charge in [0, 0.05) is 6.42 Å². The summed E-state index contributed by atoms with van der Waals surface area (Å²) in [6.07, 6.45) is 12.7. The lowest BCUT2D eigenvalue weighted by atomic mass is 9.57. The molecule has 0 bridgehead atoms. The highest BCUT2D eigenvalue weighted by molar-refractivity contribution is 5.77. The Bertz CT molecular complexity index is 923. The summed E-state index contributed by atoms with van der Waals surface area (Å²) >= 11 is 0. The quantitative estimate of drug-likeness (QED) is 0.310. The van der Waals surface area contributed by atoms with Crippen LogP contribution in [0.25, 0.3) is 0 Å². The van der Waals surface area contributed by atoms with Gasteiger partial charge in [-0.3, -0.25) is 4.79 Å². The smallest absolute Gasteiger partial charge is 0.314 e. The average Bonchev–Trinajstić information content (AvgIpc) is 3.17. The number of allylic oxidation sites excluding steroid dienone is 4. The van der Waals surface area contributed by atoms with E-state index in [1.165, 1.54) is 12.0 Å². The predicted octanol–water partition coefficient (Wildman–Crippen LogP) is 5.66. The molecule has 0 aromatic rings. The van der Waals surface area contributed by atoms with E-state index in [9.17, 15) is 20.1 Å². The minimum atomic E-state index is -0.997. The summed E-state index contributed by atoms with van der Waals surface area (Å²) in [6.45, 7) is 16.5. The van der Waals surface area contributed by atoms with E-state index < -0.39 is 23.7 Å². The van der Waals surface area contributed by atoms with Gasteiger partial charge in [-0.2, -0.15) is 0 Å². The number of esters is 1. The van der Waals surface area contributed by atoms with Crippen molar-refractivity contribution in [3.05, 3.63) is 47.6 Å². The standard InChI is InChI=1S/C31H48O5/c1-8-36-28(35)30(5,6)27(34)15-17-29(3,4)26-14-13-24-21(10-9-16-31(24,26)7)11-12-22-18-23(32)19-25(33)20(22)2/h11-12,15,17,23-27,32-34H,2,8-10,13-14,16,18-19H2,1,3-7H3/t23-,24+,25+,26-,27+,31+/m1/s1. The lowest BCUT2D eigenvalue weighted by Crippen LogP contribution is -2.40. The molecule has 0 spiro atoms. The van der Waals surface area contributed by atoms with Crippen LogP contribution in [0, 0.1) is 28.1 Å². The lowest BCUT2D eigenvalue weighted by molar-refractivity contribution is -0.158. The van der Waals surface area contributed by atoms with Gasteiger partial charge in [-0.15, -0.1) is 0 Å². The second kappa shape index (κ2) is 11.0. The highest BCUT2D eigenvalue weighted by Crippen LogP contribution is 2.62. The maximum absolute atomic E-state index is 12.3. The zero-order valence-electron chi connectivity index (χ0n) is 23.2. The van der Waals surface area contributed by atoms with Crippen LogP contribution in [-0.4, -0.2) is 46.2 Å². The average molecular weight is 501 g/mol. The number of ether oxygens (including phenoxy) is 1. The summed E-state index contributed by atoms with van der Waals surface area (Å²) in [5.41, 5.74) is 2.17. The van der Waals surface area contributed by atoms with Gasteiger partial charge in [0.25, 0.3) is 0 Å². The molecule has 3 rings (SSSR count). The van der Waals surface area contributed by atoms with Crippen LogP contribution in [0.2, 0.25) is 0 Å². The van der Waals surface area contributed by atoms with Crippen molar-refractivity contribution >= 4 is 5.97 Å². The summed E-state index contributed by atoms with van der Waals surface area (Å²) in [6, 6.07) is 0. The van der Waals surface area contributed by atoms with E-state index >= 15 is 0 Å². The fourth-order valence-electron chi connectivity index (χ4n) is 7.06. The number of rotatable bonds is 7. The third kappa shape index (κ3) is 5.74. The number of hydrogen-bond acceptors (Lipinski definition) is 5. The van der Waals surface area contributed by atoms with Crippen molar-refractivity contribution in [2.45, 2.75) is 105 Å². The largest absolute Gasteiger partial charge is 0.465 e. The molecule has 3 aliphatic rings. The van der Waals surface area contributed by atoms with E-state index in [1.807, 2.05) is 0 Å². The van der Waals surface area contributed by atoms with Crippen LogP contribution in [-0.2, 0) is 9.53 Å². The first kappa shape index (κ1) is 28.9.